The zero-order valence-electron chi connectivity index (χ0n) is 31.6. The fraction of sp³-hybridized carbons (Fsp3) is 0.853. The number of amides is 2. The van der Waals surface area contributed by atoms with Crippen molar-refractivity contribution in [3.8, 4) is 12.3 Å². The van der Waals surface area contributed by atoms with Gasteiger partial charge in [-0.25, -0.2) is 0 Å². The molecule has 3 fully saturated rings. The first kappa shape index (κ1) is 44.0. The second kappa shape index (κ2) is 21.5. The van der Waals surface area contributed by atoms with Crippen LogP contribution in [0.3, 0.4) is 0 Å². The largest absolute Gasteiger partial charge is 0.382 e. The van der Waals surface area contributed by atoms with Crippen LogP contribution in [0.25, 0.3) is 0 Å². The van der Waals surface area contributed by atoms with Crippen LogP contribution in [-0.4, -0.2) is 180 Å². The zero-order chi connectivity index (χ0) is 38.5. The quantitative estimate of drug-likeness (QED) is 0.120. The van der Waals surface area contributed by atoms with Gasteiger partial charge in [0.25, 0.3) is 0 Å². The number of nitrogens with one attached hydrogen (secondary N) is 2. The lowest BCUT2D eigenvalue weighted by Crippen LogP contribution is -2.69. The maximum atomic E-state index is 12.7. The van der Waals surface area contributed by atoms with E-state index in [1.54, 1.807) is 6.92 Å². The van der Waals surface area contributed by atoms with Crippen molar-refractivity contribution in [3.05, 3.63) is 0 Å². The number of methoxy groups -OCH3 is 8. The summed E-state index contributed by atoms with van der Waals surface area (Å²) in [7, 11) is 11.9. The maximum Gasteiger partial charge on any atom is 0.222 e. The molecule has 0 aromatic rings. The number of ketones is 1. The minimum Gasteiger partial charge on any atom is -0.382 e. The van der Waals surface area contributed by atoms with Gasteiger partial charge in [0.1, 0.15) is 61.0 Å². The first-order valence-electron chi connectivity index (χ1n) is 16.9. The molecule has 0 aromatic heterocycles. The van der Waals surface area contributed by atoms with Gasteiger partial charge in [-0.1, -0.05) is 0 Å². The molecule has 52 heavy (non-hydrogen) atoms. The summed E-state index contributed by atoms with van der Waals surface area (Å²) in [6, 6.07) is -0.514. The standard InChI is InChI=1S/C34H56N2O16/c1-12-19(38)13-14-22(39)36-32-29(45-9)27(43-7)24(20(49-32)15-40-4)52-34-31(47-11)28(44-8)25(21(50-34)16-41-5)51-33-30(46-10)26(42-6)23(17(2)48-33)35-18(3)37/h1,17,20-21,23-34H,13-16H2,2-11H3,(H,35,37)(H,36,39)/t17?,20?,21?,23-,24+,25+,26-,27-,28-,29?,30?,31?,32?,33+,34+/m1/s1. The Morgan fingerprint density at radius 2 is 1.10 bits per heavy atom. The molecule has 0 aromatic carbocycles. The van der Waals surface area contributed by atoms with Crippen LogP contribution in [0.5, 0.6) is 0 Å². The summed E-state index contributed by atoms with van der Waals surface area (Å²) in [5.74, 6) is 0.781. The van der Waals surface area contributed by atoms with Crippen LogP contribution in [0.1, 0.15) is 26.7 Å². The summed E-state index contributed by atoms with van der Waals surface area (Å²) < 4.78 is 78.4. The molecule has 7 unspecified atom stereocenters. The summed E-state index contributed by atoms with van der Waals surface area (Å²) >= 11 is 0. The summed E-state index contributed by atoms with van der Waals surface area (Å²) in [6.07, 6.45) is -6.82. The van der Waals surface area contributed by atoms with Crippen molar-refractivity contribution in [2.24, 2.45) is 0 Å². The molecular formula is C34H56N2O16. The lowest BCUT2D eigenvalue weighted by Gasteiger charge is -2.51. The van der Waals surface area contributed by atoms with Crippen molar-refractivity contribution in [3.63, 3.8) is 0 Å². The Morgan fingerprint density at radius 3 is 1.58 bits per heavy atom. The second-order valence-electron chi connectivity index (χ2n) is 12.5. The number of Topliss-reactive ketones (excluding diaryl/α,β-unsaturated/α-hetero) is 1. The highest BCUT2D eigenvalue weighted by atomic mass is 16.8. The van der Waals surface area contributed by atoms with Crippen LogP contribution in [0.15, 0.2) is 0 Å². The van der Waals surface area contributed by atoms with Crippen LogP contribution in [0.4, 0.5) is 0 Å². The minimum atomic E-state index is -1.10. The highest BCUT2D eigenvalue weighted by Gasteiger charge is 2.55. The zero-order valence-corrected chi connectivity index (χ0v) is 31.6. The summed E-state index contributed by atoms with van der Waals surface area (Å²) in [6.45, 7) is 3.30. The van der Waals surface area contributed by atoms with E-state index in [0.29, 0.717) is 0 Å². The average molecular weight is 749 g/mol. The van der Waals surface area contributed by atoms with Gasteiger partial charge in [0.05, 0.1) is 25.4 Å². The molecule has 3 aliphatic rings. The molecular weight excluding hydrogens is 692 g/mol. The molecule has 3 saturated heterocycles. The minimum absolute atomic E-state index is 0.0317. The van der Waals surface area contributed by atoms with E-state index in [4.69, 9.17) is 68.0 Å². The third kappa shape index (κ3) is 10.7. The highest BCUT2D eigenvalue weighted by molar-refractivity contribution is 5.96. The van der Waals surface area contributed by atoms with Gasteiger partial charge in [-0.05, 0) is 12.8 Å². The van der Waals surface area contributed by atoms with E-state index in [1.807, 2.05) is 5.92 Å². The number of carbonyl (C=O) groups is 3. The molecule has 18 nitrogen and oxygen atoms in total. The number of ether oxygens (including phenoxy) is 13. The number of hydrogen-bond acceptors (Lipinski definition) is 16. The molecule has 15 atom stereocenters. The molecule has 2 amide bonds. The normalized spacial score (nSPS) is 37.9. The van der Waals surface area contributed by atoms with Gasteiger partial charge in [-0.15, -0.1) is 6.42 Å². The lowest BCUT2D eigenvalue weighted by molar-refractivity contribution is -0.374. The number of rotatable bonds is 19. The predicted octanol–water partition coefficient (Wildman–Crippen LogP) is -1.06. The third-order valence-electron chi connectivity index (χ3n) is 9.32. The van der Waals surface area contributed by atoms with Crippen LogP contribution in [-0.2, 0) is 76.0 Å². The monoisotopic (exact) mass is 748 g/mol. The Hall–Kier alpha value is -2.35. The molecule has 0 spiro atoms. The van der Waals surface area contributed by atoms with Crippen LogP contribution >= 0.6 is 0 Å². The lowest BCUT2D eigenvalue weighted by atomic mass is 9.94. The fourth-order valence-corrected chi connectivity index (χ4v) is 6.90. The Bertz CT molecular complexity index is 1170. The van der Waals surface area contributed by atoms with E-state index in [0.717, 1.165) is 0 Å². The van der Waals surface area contributed by atoms with Crippen LogP contribution in [0, 0.1) is 12.3 Å². The van der Waals surface area contributed by atoms with Crippen LogP contribution < -0.4 is 10.6 Å². The Balaban J connectivity index is 1.88. The van der Waals surface area contributed by atoms with Gasteiger partial charge in [0.2, 0.25) is 17.6 Å². The highest BCUT2D eigenvalue weighted by Crippen LogP contribution is 2.36. The van der Waals surface area contributed by atoms with Crippen LogP contribution in [0.2, 0.25) is 0 Å². The van der Waals surface area contributed by atoms with Crippen molar-refractivity contribution in [2.45, 2.75) is 119 Å². The molecule has 0 aliphatic carbocycles. The molecule has 3 aliphatic heterocycles. The van der Waals surface area contributed by atoms with E-state index in [9.17, 15) is 14.4 Å². The van der Waals surface area contributed by atoms with E-state index in [1.165, 1.54) is 63.8 Å². The Labute approximate surface area is 305 Å². The van der Waals surface area contributed by atoms with Gasteiger partial charge in [-0.3, -0.25) is 14.4 Å². The number of carbonyl (C=O) groups excluding carboxylic acids is 3. The molecule has 18 heteroatoms. The van der Waals surface area contributed by atoms with Crippen molar-refractivity contribution >= 4 is 17.6 Å². The van der Waals surface area contributed by atoms with Gasteiger partial charge < -0.3 is 72.2 Å². The van der Waals surface area contributed by atoms with Gasteiger partial charge in [0, 0.05) is 76.6 Å². The van der Waals surface area contributed by atoms with Crippen molar-refractivity contribution in [1.29, 1.82) is 0 Å². The first-order valence-corrected chi connectivity index (χ1v) is 16.9. The maximum absolute atomic E-state index is 12.7. The smallest absolute Gasteiger partial charge is 0.222 e. The summed E-state index contributed by atoms with van der Waals surface area (Å²) in [5, 5.41) is 5.63. The molecule has 298 valence electrons. The van der Waals surface area contributed by atoms with Crippen molar-refractivity contribution in [2.75, 3.05) is 70.1 Å². The number of terminal acetylenes is 1. The Kier molecular flexibility index (Phi) is 18.2. The molecule has 2 N–H and O–H groups in total. The number of hydrogen-bond donors (Lipinski definition) is 2. The molecule has 0 radical (unpaired) electrons. The summed E-state index contributed by atoms with van der Waals surface area (Å²) in [5.41, 5.74) is 0. The van der Waals surface area contributed by atoms with E-state index >= 15 is 0 Å². The fourth-order valence-electron chi connectivity index (χ4n) is 6.90. The van der Waals surface area contributed by atoms with Crippen molar-refractivity contribution in [1.82, 2.24) is 10.6 Å². The Morgan fingerprint density at radius 1 is 0.615 bits per heavy atom. The van der Waals surface area contributed by atoms with Gasteiger partial charge >= 0.3 is 0 Å². The molecule has 3 heterocycles. The average Bonchev–Trinajstić information content (AvgIpc) is 3.12. The van der Waals surface area contributed by atoms with E-state index in [2.05, 4.69) is 10.6 Å². The third-order valence-corrected chi connectivity index (χ3v) is 9.32. The van der Waals surface area contributed by atoms with E-state index in [-0.39, 0.29) is 32.0 Å². The predicted molar refractivity (Wildman–Crippen MR) is 179 cm³/mol. The van der Waals surface area contributed by atoms with E-state index < -0.39 is 104 Å². The van der Waals surface area contributed by atoms with Crippen molar-refractivity contribution < 1.29 is 76.0 Å². The molecule has 3 rings (SSSR count). The topological polar surface area (TPSA) is 195 Å². The molecule has 0 saturated carbocycles. The summed E-state index contributed by atoms with van der Waals surface area (Å²) in [4.78, 5) is 36.3. The van der Waals surface area contributed by atoms with Gasteiger partial charge in [0.15, 0.2) is 18.8 Å². The van der Waals surface area contributed by atoms with Gasteiger partial charge in [-0.2, -0.15) is 0 Å². The second-order valence-corrected chi connectivity index (χ2v) is 12.5. The SMILES string of the molecule is C#CC(=O)CCC(=O)NC1OC(COC)[C@H](O[C@@H]2OC(COC)[C@H](O[C@@H]3OC(C)[C@@H](NC(C)=O)[C@@H](OC)C3OC)[C@@H](OC)C2OC)[C@@H](OC)C1OC. The molecule has 0 bridgehead atoms. The first-order chi connectivity index (χ1) is 25.0.